The third-order valence-electron chi connectivity index (χ3n) is 8.69. The van der Waals surface area contributed by atoms with E-state index in [1.54, 1.807) is 13.2 Å². The van der Waals surface area contributed by atoms with E-state index in [0.29, 0.717) is 17.7 Å². The Morgan fingerprint density at radius 2 is 2.00 bits per heavy atom. The number of methoxy groups -OCH3 is 1. The Morgan fingerprint density at radius 3 is 2.68 bits per heavy atom. The molecule has 3 N–H and O–H groups in total. The van der Waals surface area contributed by atoms with Gasteiger partial charge in [0.05, 0.1) is 5.60 Å². The average molecular weight is 388 g/mol. The first-order chi connectivity index (χ1) is 13.1. The van der Waals surface area contributed by atoms with Gasteiger partial charge in [-0.2, -0.15) is 0 Å². The second-order valence-electron chi connectivity index (χ2n) is 10.6. The number of ether oxygens (including phenoxy) is 2. The minimum absolute atomic E-state index is 0.0407. The van der Waals surface area contributed by atoms with Crippen LogP contribution < -0.4 is 10.1 Å². The van der Waals surface area contributed by atoms with Gasteiger partial charge in [-0.1, -0.05) is 26.8 Å². The molecule has 2 aliphatic carbocycles. The van der Waals surface area contributed by atoms with Crippen molar-refractivity contribution in [2.45, 2.75) is 76.2 Å². The fourth-order valence-corrected chi connectivity index (χ4v) is 6.80. The number of aromatic hydroxyl groups is 1. The SMILES string of the molecule is COC1[C@@H](C(C)(O)C(C)(C)C)CC2C3Cc4ccc(O)c5c4[C@@]2(CCN3)[C@H]1O5. The van der Waals surface area contributed by atoms with Crippen LogP contribution >= 0.6 is 0 Å². The molecule has 5 heteroatoms. The van der Waals surface area contributed by atoms with Gasteiger partial charge in [-0.3, -0.25) is 0 Å². The molecule has 4 aliphatic rings. The van der Waals surface area contributed by atoms with Gasteiger partial charge in [0.15, 0.2) is 11.5 Å². The van der Waals surface area contributed by atoms with Crippen LogP contribution in [0.15, 0.2) is 12.1 Å². The summed E-state index contributed by atoms with van der Waals surface area (Å²) in [6, 6.07) is 4.21. The normalized spacial score (nSPS) is 40.4. The fraction of sp³-hybridized carbons (Fsp3) is 0.739. The summed E-state index contributed by atoms with van der Waals surface area (Å²) in [4.78, 5) is 0. The van der Waals surface area contributed by atoms with Crippen molar-refractivity contribution in [1.29, 1.82) is 0 Å². The maximum atomic E-state index is 11.7. The second kappa shape index (κ2) is 5.65. The number of nitrogens with one attached hydrogen (secondary N) is 1. The molecule has 5 nitrogen and oxygen atoms in total. The van der Waals surface area contributed by atoms with E-state index in [1.165, 1.54) is 11.1 Å². The van der Waals surface area contributed by atoms with E-state index in [2.05, 4.69) is 32.2 Å². The lowest BCUT2D eigenvalue weighted by Crippen LogP contribution is -2.71. The number of hydrogen-bond acceptors (Lipinski definition) is 5. The predicted octanol–water partition coefficient (Wildman–Crippen LogP) is 2.76. The van der Waals surface area contributed by atoms with Crippen LogP contribution in [-0.2, 0) is 16.6 Å². The van der Waals surface area contributed by atoms with Crippen LogP contribution in [0.3, 0.4) is 0 Å². The van der Waals surface area contributed by atoms with Crippen molar-refractivity contribution >= 4 is 0 Å². The average Bonchev–Trinajstić information content (AvgIpc) is 2.96. The molecular formula is C23H33NO4. The van der Waals surface area contributed by atoms with Crippen LogP contribution in [0.5, 0.6) is 11.5 Å². The number of phenols is 1. The van der Waals surface area contributed by atoms with Gasteiger partial charge in [0.25, 0.3) is 0 Å². The molecule has 0 amide bonds. The van der Waals surface area contributed by atoms with Gasteiger partial charge < -0.3 is 25.0 Å². The highest BCUT2D eigenvalue weighted by atomic mass is 16.5. The first-order valence-corrected chi connectivity index (χ1v) is 10.6. The van der Waals surface area contributed by atoms with Crippen LogP contribution in [0.25, 0.3) is 0 Å². The largest absolute Gasteiger partial charge is 0.504 e. The zero-order chi connectivity index (χ0) is 20.1. The number of aliphatic hydroxyl groups is 1. The van der Waals surface area contributed by atoms with Gasteiger partial charge in [0, 0.05) is 30.0 Å². The van der Waals surface area contributed by atoms with Crippen molar-refractivity contribution < 1.29 is 19.7 Å². The summed E-state index contributed by atoms with van der Waals surface area (Å²) in [7, 11) is 1.74. The molecule has 2 heterocycles. The molecule has 1 aromatic rings. The molecule has 7 atom stereocenters. The van der Waals surface area contributed by atoms with Crippen molar-refractivity contribution in [2.75, 3.05) is 13.7 Å². The van der Waals surface area contributed by atoms with E-state index in [4.69, 9.17) is 9.47 Å². The maximum absolute atomic E-state index is 11.7. The summed E-state index contributed by atoms with van der Waals surface area (Å²) in [5.74, 6) is 1.21. The summed E-state index contributed by atoms with van der Waals surface area (Å²) in [5.41, 5.74) is 1.19. The first-order valence-electron chi connectivity index (χ1n) is 10.6. The Balaban J connectivity index is 1.70. The second-order valence-corrected chi connectivity index (χ2v) is 10.6. The number of phenolic OH excluding ortho intramolecular Hbond substituents is 1. The molecule has 5 rings (SSSR count). The Bertz CT molecular complexity index is 814. The molecule has 0 aromatic heterocycles. The van der Waals surface area contributed by atoms with Gasteiger partial charge in [0.1, 0.15) is 12.2 Å². The quantitative estimate of drug-likeness (QED) is 0.728. The van der Waals surface area contributed by atoms with Gasteiger partial charge in [-0.15, -0.1) is 0 Å². The van der Waals surface area contributed by atoms with Gasteiger partial charge in [-0.25, -0.2) is 0 Å². The highest BCUT2D eigenvalue weighted by molar-refractivity contribution is 5.60. The molecule has 2 aliphatic heterocycles. The topological polar surface area (TPSA) is 71.0 Å². The molecule has 1 spiro atoms. The maximum Gasteiger partial charge on any atom is 0.165 e. The van der Waals surface area contributed by atoms with Crippen molar-refractivity contribution in [3.63, 3.8) is 0 Å². The van der Waals surface area contributed by atoms with Gasteiger partial charge >= 0.3 is 0 Å². The lowest BCUT2D eigenvalue weighted by Gasteiger charge is -2.61. The number of benzene rings is 1. The van der Waals surface area contributed by atoms with E-state index in [9.17, 15) is 10.2 Å². The van der Waals surface area contributed by atoms with Crippen molar-refractivity contribution in [3.8, 4) is 11.5 Å². The fourth-order valence-electron chi connectivity index (χ4n) is 6.80. The van der Waals surface area contributed by atoms with Crippen LogP contribution in [0.2, 0.25) is 0 Å². The van der Waals surface area contributed by atoms with Gasteiger partial charge in [0.2, 0.25) is 0 Å². The molecule has 0 radical (unpaired) electrons. The molecule has 1 aromatic carbocycles. The number of piperidine rings is 1. The molecule has 28 heavy (non-hydrogen) atoms. The zero-order valence-corrected chi connectivity index (χ0v) is 17.6. The minimum atomic E-state index is -0.899. The van der Waals surface area contributed by atoms with Crippen LogP contribution in [0, 0.1) is 17.3 Å². The monoisotopic (exact) mass is 387 g/mol. The van der Waals surface area contributed by atoms with E-state index < -0.39 is 5.60 Å². The minimum Gasteiger partial charge on any atom is -0.504 e. The standard InChI is InChI=1S/C23H33NO4/c1-21(2,3)22(4,26)14-11-13-15-10-12-6-7-16(25)19-17(12)23(13,8-9-24-15)20(28-19)18(14)27-5/h6-7,13-15,18,20,24-26H,8-11H2,1-5H3/t13?,14-,15?,18?,20-,22?,23-/m0/s1. The van der Waals surface area contributed by atoms with Crippen LogP contribution in [0.1, 0.15) is 51.7 Å². The Labute approximate surface area is 167 Å². The molecule has 4 unspecified atom stereocenters. The van der Waals surface area contributed by atoms with Crippen molar-refractivity contribution in [2.24, 2.45) is 17.3 Å². The summed E-state index contributed by atoms with van der Waals surface area (Å²) in [6.45, 7) is 9.19. The summed E-state index contributed by atoms with van der Waals surface area (Å²) < 4.78 is 12.6. The Kier molecular flexibility index (Phi) is 3.77. The summed E-state index contributed by atoms with van der Waals surface area (Å²) in [5, 5.41) is 26.0. The molecule has 154 valence electrons. The van der Waals surface area contributed by atoms with Crippen molar-refractivity contribution in [3.05, 3.63) is 23.3 Å². The van der Waals surface area contributed by atoms with E-state index >= 15 is 0 Å². The van der Waals surface area contributed by atoms with Crippen molar-refractivity contribution in [1.82, 2.24) is 5.32 Å². The summed E-state index contributed by atoms with van der Waals surface area (Å²) >= 11 is 0. The first kappa shape index (κ1) is 18.7. The molecule has 2 bridgehead atoms. The number of rotatable bonds is 2. The Hall–Kier alpha value is -1.30. The molecule has 2 fully saturated rings. The lowest BCUT2D eigenvalue weighted by molar-refractivity contribution is -0.198. The highest BCUT2D eigenvalue weighted by Crippen LogP contribution is 2.65. The predicted molar refractivity (Wildman–Crippen MR) is 107 cm³/mol. The lowest BCUT2D eigenvalue weighted by atomic mass is 9.47. The zero-order valence-electron chi connectivity index (χ0n) is 17.6. The molecule has 1 saturated heterocycles. The van der Waals surface area contributed by atoms with Crippen LogP contribution in [0.4, 0.5) is 0 Å². The molecular weight excluding hydrogens is 354 g/mol. The third kappa shape index (κ3) is 2.08. The summed E-state index contributed by atoms with van der Waals surface area (Å²) in [6.07, 6.45) is 2.43. The highest BCUT2D eigenvalue weighted by Gasteiger charge is 2.69. The molecule has 1 saturated carbocycles. The van der Waals surface area contributed by atoms with E-state index in [-0.39, 0.29) is 34.7 Å². The van der Waals surface area contributed by atoms with E-state index in [0.717, 1.165) is 25.8 Å². The smallest absolute Gasteiger partial charge is 0.165 e. The van der Waals surface area contributed by atoms with E-state index in [1.807, 2.05) is 6.92 Å². The Morgan fingerprint density at radius 1 is 1.25 bits per heavy atom. The number of hydrogen-bond donors (Lipinski definition) is 3. The van der Waals surface area contributed by atoms with Crippen LogP contribution in [-0.4, -0.2) is 47.7 Å². The van der Waals surface area contributed by atoms with Gasteiger partial charge in [-0.05, 0) is 55.7 Å². The third-order valence-corrected chi connectivity index (χ3v) is 8.69.